The number of amides is 1. The molecule has 31 heavy (non-hydrogen) atoms. The van der Waals surface area contributed by atoms with E-state index in [1.54, 1.807) is 18.3 Å². The smallest absolute Gasteiger partial charge is 0.475 e. The first-order valence-corrected chi connectivity index (χ1v) is 8.77. The van der Waals surface area contributed by atoms with E-state index >= 15 is 0 Å². The highest BCUT2D eigenvalue weighted by atomic mass is 19.4. The third-order valence-electron chi connectivity index (χ3n) is 3.44. The van der Waals surface area contributed by atoms with Crippen LogP contribution in [0.15, 0.2) is 85.1 Å². The Balaban J connectivity index is 0.000000423. The van der Waals surface area contributed by atoms with Gasteiger partial charge in [-0.05, 0) is 42.0 Å². The molecular weight excluding hydrogens is 413 g/mol. The number of halogens is 3. The van der Waals surface area contributed by atoms with Crippen molar-refractivity contribution in [3.63, 3.8) is 0 Å². The van der Waals surface area contributed by atoms with Crippen LogP contribution >= 0.6 is 0 Å². The lowest BCUT2D eigenvalue weighted by Crippen LogP contribution is -2.21. The van der Waals surface area contributed by atoms with Crippen LogP contribution in [0.25, 0.3) is 6.08 Å². The minimum absolute atomic E-state index is 0.189. The van der Waals surface area contributed by atoms with Gasteiger partial charge in [-0.2, -0.15) is 13.2 Å². The summed E-state index contributed by atoms with van der Waals surface area (Å²) in [5, 5.41) is 9.91. The number of benzene rings is 2. The van der Waals surface area contributed by atoms with E-state index < -0.39 is 12.1 Å². The number of hydrogen-bond acceptors (Lipinski definition) is 4. The van der Waals surface area contributed by atoms with Crippen LogP contribution in [0.4, 0.5) is 18.9 Å². The second kappa shape index (κ2) is 11.1. The number of ether oxygens (including phenoxy) is 1. The average molecular weight is 430 g/mol. The summed E-state index contributed by atoms with van der Waals surface area (Å²) in [6.45, 7) is 0. The van der Waals surface area contributed by atoms with Crippen molar-refractivity contribution in [2.24, 2.45) is 0 Å². The fourth-order valence-electron chi connectivity index (χ4n) is 2.04. The summed E-state index contributed by atoms with van der Waals surface area (Å²) < 4.78 is 37.4. The van der Waals surface area contributed by atoms with Crippen LogP contribution in [-0.2, 0) is 9.59 Å². The van der Waals surface area contributed by atoms with Crippen molar-refractivity contribution in [1.82, 2.24) is 4.98 Å². The van der Waals surface area contributed by atoms with E-state index in [4.69, 9.17) is 14.6 Å². The van der Waals surface area contributed by atoms with Gasteiger partial charge in [-0.15, -0.1) is 0 Å². The predicted molar refractivity (Wildman–Crippen MR) is 109 cm³/mol. The van der Waals surface area contributed by atoms with Gasteiger partial charge in [0.25, 0.3) is 0 Å². The highest BCUT2D eigenvalue weighted by Gasteiger charge is 2.38. The normalized spacial score (nSPS) is 10.7. The zero-order valence-electron chi connectivity index (χ0n) is 15.9. The number of aromatic nitrogens is 1. The lowest BCUT2D eigenvalue weighted by molar-refractivity contribution is -0.192. The van der Waals surface area contributed by atoms with Gasteiger partial charge in [0.2, 0.25) is 11.8 Å². The summed E-state index contributed by atoms with van der Waals surface area (Å²) in [5.41, 5.74) is 1.58. The van der Waals surface area contributed by atoms with Crippen molar-refractivity contribution in [2.75, 3.05) is 5.32 Å². The minimum Gasteiger partial charge on any atom is -0.475 e. The molecule has 0 bridgehead atoms. The Kier molecular flexibility index (Phi) is 8.32. The highest BCUT2D eigenvalue weighted by molar-refractivity contribution is 6.01. The van der Waals surface area contributed by atoms with Crippen molar-refractivity contribution in [2.45, 2.75) is 6.18 Å². The van der Waals surface area contributed by atoms with E-state index in [0.29, 0.717) is 5.88 Å². The molecule has 0 saturated carbocycles. The summed E-state index contributed by atoms with van der Waals surface area (Å²) in [6, 6.07) is 22.4. The molecule has 6 nitrogen and oxygen atoms in total. The molecular formula is C22H17F3N2O4. The molecule has 2 aromatic carbocycles. The number of rotatable bonds is 5. The highest BCUT2D eigenvalue weighted by Crippen LogP contribution is 2.18. The number of alkyl halides is 3. The summed E-state index contributed by atoms with van der Waals surface area (Å²) in [7, 11) is 0. The fourth-order valence-corrected chi connectivity index (χ4v) is 2.04. The van der Waals surface area contributed by atoms with E-state index in [1.807, 2.05) is 66.7 Å². The van der Waals surface area contributed by atoms with Crippen LogP contribution in [0.3, 0.4) is 0 Å². The van der Waals surface area contributed by atoms with Gasteiger partial charge in [-0.25, -0.2) is 9.78 Å². The van der Waals surface area contributed by atoms with Gasteiger partial charge in [0, 0.05) is 24.0 Å². The molecule has 0 aliphatic carbocycles. The van der Waals surface area contributed by atoms with Gasteiger partial charge in [0.15, 0.2) is 0 Å². The largest absolute Gasteiger partial charge is 0.490 e. The molecule has 0 saturated heterocycles. The lowest BCUT2D eigenvalue weighted by atomic mass is 10.2. The standard InChI is InChI=1S/C20H16N2O2.C2HF3O2/c23-19(22-17-7-3-1-4-8-17)13-11-16-12-14-20(21-15-16)24-18-9-5-2-6-10-18;3-2(4,5)1(6)7/h1-15H,(H,22,23);(H,6,7). The Morgan fingerprint density at radius 3 is 2.03 bits per heavy atom. The zero-order valence-corrected chi connectivity index (χ0v) is 15.9. The number of carboxylic acids is 1. The second-order valence-electron chi connectivity index (χ2n) is 5.84. The molecule has 0 radical (unpaired) electrons. The number of nitrogens with zero attached hydrogens (tertiary/aromatic N) is 1. The van der Waals surface area contributed by atoms with Gasteiger partial charge >= 0.3 is 12.1 Å². The van der Waals surface area contributed by atoms with Gasteiger partial charge < -0.3 is 15.2 Å². The Labute approximate surface area is 175 Å². The second-order valence-corrected chi connectivity index (χ2v) is 5.84. The van der Waals surface area contributed by atoms with Gasteiger partial charge in [-0.1, -0.05) is 36.4 Å². The number of carbonyl (C=O) groups excluding carboxylic acids is 1. The number of nitrogens with one attached hydrogen (secondary N) is 1. The Morgan fingerprint density at radius 2 is 1.52 bits per heavy atom. The molecule has 0 fully saturated rings. The Hall–Kier alpha value is -4.14. The van der Waals surface area contributed by atoms with Crippen molar-refractivity contribution in [3.05, 3.63) is 90.6 Å². The van der Waals surface area contributed by atoms with Gasteiger partial charge in [0.05, 0.1) is 0 Å². The molecule has 1 amide bonds. The maximum absolute atomic E-state index is 11.9. The van der Waals surface area contributed by atoms with E-state index in [0.717, 1.165) is 17.0 Å². The van der Waals surface area contributed by atoms with Crippen LogP contribution in [-0.4, -0.2) is 28.1 Å². The summed E-state index contributed by atoms with van der Waals surface area (Å²) in [5.74, 6) is -1.71. The number of carbonyl (C=O) groups is 2. The van der Waals surface area contributed by atoms with E-state index in [-0.39, 0.29) is 5.91 Å². The first-order chi connectivity index (χ1) is 14.7. The zero-order chi connectivity index (χ0) is 22.7. The maximum atomic E-state index is 11.9. The van der Waals surface area contributed by atoms with Gasteiger partial charge in [-0.3, -0.25) is 4.79 Å². The number of pyridine rings is 1. The molecule has 3 rings (SSSR count). The molecule has 1 aromatic heterocycles. The number of anilines is 1. The quantitative estimate of drug-likeness (QED) is 0.546. The number of para-hydroxylation sites is 2. The van der Waals surface area contributed by atoms with Crippen LogP contribution in [0.5, 0.6) is 11.6 Å². The average Bonchev–Trinajstić information content (AvgIpc) is 2.74. The summed E-state index contributed by atoms with van der Waals surface area (Å²) in [4.78, 5) is 25.0. The molecule has 9 heteroatoms. The molecule has 1 heterocycles. The monoisotopic (exact) mass is 430 g/mol. The molecule has 0 aliphatic rings. The fraction of sp³-hybridized carbons (Fsp3) is 0.0455. The minimum atomic E-state index is -5.08. The first kappa shape index (κ1) is 23.1. The van der Waals surface area contributed by atoms with Crippen LogP contribution < -0.4 is 10.1 Å². The molecule has 0 unspecified atom stereocenters. The van der Waals surface area contributed by atoms with Crippen molar-refractivity contribution >= 4 is 23.6 Å². The predicted octanol–water partition coefficient (Wildman–Crippen LogP) is 5.16. The molecule has 3 aromatic rings. The molecule has 0 aliphatic heterocycles. The third kappa shape index (κ3) is 8.82. The van der Waals surface area contributed by atoms with Crippen molar-refractivity contribution in [3.8, 4) is 11.6 Å². The topological polar surface area (TPSA) is 88.5 Å². The summed E-state index contributed by atoms with van der Waals surface area (Å²) >= 11 is 0. The lowest BCUT2D eigenvalue weighted by Gasteiger charge is -2.04. The van der Waals surface area contributed by atoms with E-state index in [9.17, 15) is 18.0 Å². The van der Waals surface area contributed by atoms with Crippen LogP contribution in [0.2, 0.25) is 0 Å². The number of hydrogen-bond donors (Lipinski definition) is 2. The van der Waals surface area contributed by atoms with Crippen LogP contribution in [0.1, 0.15) is 5.56 Å². The van der Waals surface area contributed by atoms with Gasteiger partial charge in [0.1, 0.15) is 5.75 Å². The SMILES string of the molecule is O=C(C=Cc1ccc(Oc2ccccc2)nc1)Nc1ccccc1.O=C(O)C(F)(F)F. The first-order valence-electron chi connectivity index (χ1n) is 8.77. The Morgan fingerprint density at radius 1 is 0.935 bits per heavy atom. The Bertz CT molecular complexity index is 1010. The van der Waals surface area contributed by atoms with E-state index in [2.05, 4.69) is 10.3 Å². The third-order valence-corrected chi connectivity index (χ3v) is 3.44. The number of carboxylic acid groups (broad SMARTS) is 1. The number of aliphatic carboxylic acids is 1. The summed E-state index contributed by atoms with van der Waals surface area (Å²) in [6.07, 6.45) is -0.246. The van der Waals surface area contributed by atoms with E-state index in [1.165, 1.54) is 6.08 Å². The maximum Gasteiger partial charge on any atom is 0.490 e. The molecule has 160 valence electrons. The molecule has 2 N–H and O–H groups in total. The van der Waals surface area contributed by atoms with Crippen LogP contribution in [0, 0.1) is 0 Å². The molecule has 0 spiro atoms. The van der Waals surface area contributed by atoms with Crippen molar-refractivity contribution < 1.29 is 32.6 Å². The molecule has 0 atom stereocenters. The van der Waals surface area contributed by atoms with Crippen molar-refractivity contribution in [1.29, 1.82) is 0 Å².